The molecule has 0 aromatic carbocycles. The third kappa shape index (κ3) is 4.73. The maximum absolute atomic E-state index is 6.26. The van der Waals surface area contributed by atoms with Gasteiger partial charge in [0.05, 0.1) is 30.0 Å². The minimum absolute atomic E-state index is 0.000803. The number of hydrogen-bond acceptors (Lipinski definition) is 3. The topological polar surface area (TPSA) is 27.7 Å². The van der Waals surface area contributed by atoms with Crippen LogP contribution in [0.3, 0.4) is 0 Å². The zero-order chi connectivity index (χ0) is 15.1. The Bertz CT molecular complexity index is 296. The van der Waals surface area contributed by atoms with Crippen molar-refractivity contribution in [2.45, 2.75) is 91.8 Å². The summed E-state index contributed by atoms with van der Waals surface area (Å²) in [4.78, 5) is 0. The summed E-state index contributed by atoms with van der Waals surface area (Å²) >= 11 is 0. The second kappa shape index (κ2) is 5.34. The molecule has 0 aliphatic carbocycles. The first-order valence-corrected chi connectivity index (χ1v) is 7.30. The second-order valence-electron chi connectivity index (χ2n) is 8.21. The van der Waals surface area contributed by atoms with Gasteiger partial charge in [-0.2, -0.15) is 0 Å². The summed E-state index contributed by atoms with van der Waals surface area (Å²) in [6.07, 6.45) is 0.238. The van der Waals surface area contributed by atoms with Gasteiger partial charge < -0.3 is 14.2 Å². The fourth-order valence-electron chi connectivity index (χ4n) is 2.29. The van der Waals surface area contributed by atoms with E-state index in [2.05, 4.69) is 62.3 Å². The monoisotopic (exact) mass is 272 g/mol. The van der Waals surface area contributed by atoms with Crippen LogP contribution >= 0.6 is 0 Å². The first-order chi connectivity index (χ1) is 8.33. The minimum atomic E-state index is -0.171. The van der Waals surface area contributed by atoms with Crippen LogP contribution in [0.25, 0.3) is 0 Å². The molecule has 1 heterocycles. The fourth-order valence-corrected chi connectivity index (χ4v) is 2.29. The van der Waals surface area contributed by atoms with E-state index in [9.17, 15) is 0 Å². The van der Waals surface area contributed by atoms with Crippen LogP contribution in [0.15, 0.2) is 0 Å². The van der Waals surface area contributed by atoms with Crippen LogP contribution in [-0.2, 0) is 14.2 Å². The highest BCUT2D eigenvalue weighted by Crippen LogP contribution is 2.42. The van der Waals surface area contributed by atoms with E-state index < -0.39 is 0 Å². The van der Waals surface area contributed by atoms with Crippen LogP contribution < -0.4 is 0 Å². The lowest BCUT2D eigenvalue weighted by Crippen LogP contribution is -2.44. The molecule has 0 aromatic heterocycles. The van der Waals surface area contributed by atoms with Gasteiger partial charge in [-0.3, -0.25) is 0 Å². The molecule has 1 saturated heterocycles. The molecule has 0 spiro atoms. The zero-order valence-electron chi connectivity index (χ0n) is 14.2. The van der Waals surface area contributed by atoms with Crippen molar-refractivity contribution in [2.24, 2.45) is 5.41 Å². The maximum Gasteiger partial charge on any atom is 0.108 e. The lowest BCUT2D eigenvalue weighted by Gasteiger charge is -2.36. The lowest BCUT2D eigenvalue weighted by molar-refractivity contribution is -0.137. The summed E-state index contributed by atoms with van der Waals surface area (Å²) < 4.78 is 18.2. The molecule has 1 rings (SSSR count). The van der Waals surface area contributed by atoms with Crippen LogP contribution in [0.1, 0.15) is 62.3 Å². The molecule has 0 unspecified atom stereocenters. The van der Waals surface area contributed by atoms with Crippen LogP contribution in [0.2, 0.25) is 0 Å². The molecule has 3 heteroatoms. The van der Waals surface area contributed by atoms with Crippen molar-refractivity contribution in [3.63, 3.8) is 0 Å². The first kappa shape index (κ1) is 16.9. The van der Waals surface area contributed by atoms with E-state index in [1.54, 1.807) is 0 Å². The molecular weight excluding hydrogens is 240 g/mol. The Hall–Kier alpha value is -0.120. The predicted molar refractivity (Wildman–Crippen MR) is 78.4 cm³/mol. The first-order valence-electron chi connectivity index (χ1n) is 7.30. The largest absolute Gasteiger partial charge is 0.373 e. The van der Waals surface area contributed by atoms with Gasteiger partial charge >= 0.3 is 0 Å². The van der Waals surface area contributed by atoms with Crippen molar-refractivity contribution in [3.8, 4) is 0 Å². The molecule has 0 aromatic rings. The Labute approximate surface area is 119 Å². The predicted octanol–water partition coefficient (Wildman–Crippen LogP) is 3.80. The molecule has 0 bridgehead atoms. The standard InChI is InChI=1S/C16H32O3/c1-11-16(8,9)13(19-15(5,6)7)12(18-11)10-17-14(2,3)4/h11-13H,10H2,1-9H3/t11-,12-,13-/m1/s1. The van der Waals surface area contributed by atoms with Crippen molar-refractivity contribution in [2.75, 3.05) is 6.61 Å². The zero-order valence-corrected chi connectivity index (χ0v) is 14.2. The average Bonchev–Trinajstić information content (AvgIpc) is 2.36. The van der Waals surface area contributed by atoms with E-state index in [0.717, 1.165) is 0 Å². The van der Waals surface area contributed by atoms with Crippen molar-refractivity contribution in [1.82, 2.24) is 0 Å². The highest BCUT2D eigenvalue weighted by atomic mass is 16.6. The molecule has 1 aliphatic rings. The Balaban J connectivity index is 2.78. The summed E-state index contributed by atoms with van der Waals surface area (Å²) in [6, 6.07) is 0. The molecule has 3 nitrogen and oxygen atoms in total. The molecule has 3 atom stereocenters. The quantitative estimate of drug-likeness (QED) is 0.782. The molecular formula is C16H32O3. The summed E-state index contributed by atoms with van der Waals surface area (Å²) in [6.45, 7) is 19.6. The maximum atomic E-state index is 6.26. The summed E-state index contributed by atoms with van der Waals surface area (Å²) in [7, 11) is 0. The van der Waals surface area contributed by atoms with E-state index in [1.807, 2.05) is 0 Å². The van der Waals surface area contributed by atoms with E-state index in [4.69, 9.17) is 14.2 Å². The van der Waals surface area contributed by atoms with Crippen molar-refractivity contribution < 1.29 is 14.2 Å². The van der Waals surface area contributed by atoms with Crippen LogP contribution in [-0.4, -0.2) is 36.1 Å². The molecule has 0 amide bonds. The molecule has 114 valence electrons. The molecule has 0 saturated carbocycles. The summed E-state index contributed by atoms with van der Waals surface area (Å²) in [5, 5.41) is 0. The Kier molecular flexibility index (Phi) is 4.76. The third-order valence-corrected chi connectivity index (χ3v) is 3.66. The number of rotatable bonds is 3. The smallest absolute Gasteiger partial charge is 0.108 e. The van der Waals surface area contributed by atoms with Crippen LogP contribution in [0.4, 0.5) is 0 Å². The van der Waals surface area contributed by atoms with Crippen molar-refractivity contribution in [1.29, 1.82) is 0 Å². The molecule has 0 radical (unpaired) electrons. The molecule has 1 fully saturated rings. The summed E-state index contributed by atoms with van der Waals surface area (Å²) in [5.74, 6) is 0. The van der Waals surface area contributed by atoms with Gasteiger partial charge in [0.15, 0.2) is 0 Å². The van der Waals surface area contributed by atoms with Crippen molar-refractivity contribution >= 4 is 0 Å². The molecule has 0 N–H and O–H groups in total. The SMILES string of the molecule is C[C@H]1O[C@H](COC(C)(C)C)[C@@H](OC(C)(C)C)C1(C)C. The van der Waals surface area contributed by atoms with Crippen LogP contribution in [0.5, 0.6) is 0 Å². The third-order valence-electron chi connectivity index (χ3n) is 3.66. The van der Waals surface area contributed by atoms with E-state index in [-0.39, 0.29) is 34.9 Å². The van der Waals surface area contributed by atoms with E-state index in [0.29, 0.717) is 6.61 Å². The van der Waals surface area contributed by atoms with Gasteiger partial charge in [0, 0.05) is 5.41 Å². The van der Waals surface area contributed by atoms with Crippen LogP contribution in [0, 0.1) is 5.41 Å². The molecule has 1 aliphatic heterocycles. The lowest BCUT2D eigenvalue weighted by atomic mass is 9.81. The average molecular weight is 272 g/mol. The van der Waals surface area contributed by atoms with Gasteiger partial charge in [0.1, 0.15) is 6.10 Å². The van der Waals surface area contributed by atoms with E-state index in [1.165, 1.54) is 0 Å². The van der Waals surface area contributed by atoms with E-state index >= 15 is 0 Å². The van der Waals surface area contributed by atoms with Gasteiger partial charge in [0.25, 0.3) is 0 Å². The Morgan fingerprint density at radius 2 is 1.53 bits per heavy atom. The fraction of sp³-hybridized carbons (Fsp3) is 1.00. The van der Waals surface area contributed by atoms with Gasteiger partial charge in [-0.15, -0.1) is 0 Å². The summed E-state index contributed by atoms with van der Waals surface area (Å²) in [5.41, 5.74) is -0.319. The Morgan fingerprint density at radius 1 is 1.00 bits per heavy atom. The normalized spacial score (nSPS) is 31.7. The number of hydrogen-bond donors (Lipinski definition) is 0. The highest BCUT2D eigenvalue weighted by Gasteiger charge is 2.50. The second-order valence-corrected chi connectivity index (χ2v) is 8.21. The van der Waals surface area contributed by atoms with Crippen molar-refractivity contribution in [3.05, 3.63) is 0 Å². The molecule has 19 heavy (non-hydrogen) atoms. The minimum Gasteiger partial charge on any atom is -0.373 e. The Morgan fingerprint density at radius 3 is 1.95 bits per heavy atom. The van der Waals surface area contributed by atoms with Gasteiger partial charge in [-0.1, -0.05) is 13.8 Å². The highest BCUT2D eigenvalue weighted by molar-refractivity contribution is 4.97. The number of ether oxygens (including phenoxy) is 3. The van der Waals surface area contributed by atoms with Gasteiger partial charge in [-0.05, 0) is 48.5 Å². The van der Waals surface area contributed by atoms with Gasteiger partial charge in [-0.25, -0.2) is 0 Å². The van der Waals surface area contributed by atoms with Gasteiger partial charge in [0.2, 0.25) is 0 Å².